The van der Waals surface area contributed by atoms with Crippen LogP contribution in [0.15, 0.2) is 28.0 Å². The first-order valence-electron chi connectivity index (χ1n) is 7.18. The van der Waals surface area contributed by atoms with E-state index in [0.717, 1.165) is 11.1 Å². The molecule has 0 fully saturated rings. The molecule has 0 bridgehead atoms. The van der Waals surface area contributed by atoms with E-state index in [1.54, 1.807) is 23.8 Å². The molecule has 2 heterocycles. The van der Waals surface area contributed by atoms with Crippen molar-refractivity contribution in [3.63, 3.8) is 0 Å². The second kappa shape index (κ2) is 7.29. The van der Waals surface area contributed by atoms with E-state index >= 15 is 0 Å². The fourth-order valence-corrected chi connectivity index (χ4v) is 2.96. The normalized spacial score (nSPS) is 10.6. The van der Waals surface area contributed by atoms with Gasteiger partial charge in [-0.25, -0.2) is 5.48 Å². The van der Waals surface area contributed by atoms with Crippen LogP contribution in [0.25, 0.3) is 10.9 Å². The molecule has 2 aromatic heterocycles. The van der Waals surface area contributed by atoms with Crippen LogP contribution in [0.5, 0.6) is 5.75 Å². The lowest BCUT2D eigenvalue weighted by atomic mass is 10.0. The van der Waals surface area contributed by atoms with E-state index in [2.05, 4.69) is 21.1 Å². The second-order valence-electron chi connectivity index (χ2n) is 4.95. The van der Waals surface area contributed by atoms with Gasteiger partial charge in [0.25, 0.3) is 11.1 Å². The van der Waals surface area contributed by atoms with Crippen LogP contribution in [0.3, 0.4) is 0 Å². The van der Waals surface area contributed by atoms with Gasteiger partial charge in [-0.05, 0) is 17.7 Å². The van der Waals surface area contributed by atoms with Crippen LogP contribution >= 0.6 is 11.8 Å². The summed E-state index contributed by atoms with van der Waals surface area (Å²) in [6, 6.07) is 3.43. The lowest BCUT2D eigenvalue weighted by Crippen LogP contribution is -2.20. The minimum atomic E-state index is -0.668. The highest BCUT2D eigenvalue weighted by Crippen LogP contribution is 2.31. The van der Waals surface area contributed by atoms with Crippen LogP contribution in [0, 0.1) is 12.3 Å². The molecule has 25 heavy (non-hydrogen) atoms. The number of methoxy groups -OCH3 is 1. The number of nitrogens with one attached hydrogen (secondary N) is 2. The van der Waals surface area contributed by atoms with E-state index in [1.165, 1.54) is 18.9 Å². The molecule has 128 valence electrons. The van der Waals surface area contributed by atoms with Crippen molar-refractivity contribution in [3.8, 4) is 18.1 Å². The quantitative estimate of drug-likeness (QED) is 0.267. The lowest BCUT2D eigenvalue weighted by Gasteiger charge is -2.09. The molecule has 0 aliphatic carbocycles. The Bertz CT molecular complexity index is 957. The number of amides is 1. The first-order valence-corrected chi connectivity index (χ1v) is 8.16. The van der Waals surface area contributed by atoms with E-state index in [1.807, 2.05) is 0 Å². The van der Waals surface area contributed by atoms with Gasteiger partial charge in [0.1, 0.15) is 5.75 Å². The van der Waals surface area contributed by atoms with Crippen molar-refractivity contribution >= 4 is 28.6 Å². The number of nitrogens with zero attached hydrogens (tertiary/aromatic N) is 2. The molecule has 0 saturated heterocycles. The molecule has 0 spiro atoms. The van der Waals surface area contributed by atoms with Crippen molar-refractivity contribution in [2.24, 2.45) is 0 Å². The summed E-state index contributed by atoms with van der Waals surface area (Å²) >= 11 is 1.27. The summed E-state index contributed by atoms with van der Waals surface area (Å²) in [7, 11) is 1.45. The third-order valence-corrected chi connectivity index (χ3v) is 4.23. The highest BCUT2D eigenvalue weighted by molar-refractivity contribution is 7.99. The van der Waals surface area contributed by atoms with Crippen LogP contribution in [-0.4, -0.2) is 39.2 Å². The number of H-pyrrole nitrogens is 1. The Labute approximate surface area is 146 Å². The molecule has 9 heteroatoms. The number of aromatic nitrogens is 3. The Morgan fingerprint density at radius 3 is 3.08 bits per heavy atom. The maximum absolute atomic E-state index is 12.1. The van der Waals surface area contributed by atoms with Gasteiger partial charge in [0.15, 0.2) is 0 Å². The molecular weight excluding hydrogens is 344 g/mol. The number of hydroxylamine groups is 1. The molecular formula is C16H14N4O4S. The molecule has 1 amide bonds. The molecule has 3 aromatic rings. The third kappa shape index (κ3) is 3.31. The van der Waals surface area contributed by atoms with E-state index in [9.17, 15) is 4.79 Å². The smallest absolute Gasteiger partial charge is 0.279 e. The zero-order valence-electron chi connectivity index (χ0n) is 13.2. The maximum Gasteiger partial charge on any atom is 0.279 e. The van der Waals surface area contributed by atoms with E-state index < -0.39 is 5.91 Å². The number of rotatable bonds is 6. The summed E-state index contributed by atoms with van der Waals surface area (Å²) < 4.78 is 10.8. The zero-order valence-corrected chi connectivity index (χ0v) is 14.0. The predicted molar refractivity (Wildman–Crippen MR) is 90.8 cm³/mol. The number of carbonyl (C=O) groups excluding carboxylic acids is 1. The SMILES string of the molecule is C#CCSc1nnc(Cc2c[nH]c3ccc(OC)c(C(=O)NO)c23)o1. The van der Waals surface area contributed by atoms with Crippen LogP contribution in [0.4, 0.5) is 0 Å². The highest BCUT2D eigenvalue weighted by atomic mass is 32.2. The van der Waals surface area contributed by atoms with Crippen molar-refractivity contribution in [1.82, 2.24) is 20.7 Å². The Hall–Kier alpha value is -2.96. The van der Waals surface area contributed by atoms with Gasteiger partial charge in [0, 0.05) is 17.1 Å². The maximum atomic E-state index is 12.1. The largest absolute Gasteiger partial charge is 0.496 e. The molecule has 8 nitrogen and oxygen atoms in total. The van der Waals surface area contributed by atoms with Gasteiger partial charge in [0.05, 0.1) is 24.8 Å². The number of carbonyl (C=O) groups is 1. The van der Waals surface area contributed by atoms with Gasteiger partial charge < -0.3 is 14.1 Å². The Morgan fingerprint density at radius 1 is 1.52 bits per heavy atom. The fourth-order valence-electron chi connectivity index (χ4n) is 2.50. The monoisotopic (exact) mass is 358 g/mol. The number of hydrogen-bond donors (Lipinski definition) is 3. The van der Waals surface area contributed by atoms with Crippen LogP contribution in [0.2, 0.25) is 0 Å². The van der Waals surface area contributed by atoms with Gasteiger partial charge in [-0.2, -0.15) is 0 Å². The van der Waals surface area contributed by atoms with Crippen LogP contribution in [0.1, 0.15) is 21.8 Å². The second-order valence-corrected chi connectivity index (χ2v) is 5.88. The molecule has 0 aliphatic heterocycles. The van der Waals surface area contributed by atoms with Gasteiger partial charge in [-0.3, -0.25) is 10.0 Å². The number of fused-ring (bicyclic) bond motifs is 1. The van der Waals surface area contributed by atoms with Crippen LogP contribution < -0.4 is 10.2 Å². The number of benzene rings is 1. The molecule has 0 aliphatic rings. The molecule has 1 aromatic carbocycles. The van der Waals surface area contributed by atoms with E-state index in [-0.39, 0.29) is 5.56 Å². The van der Waals surface area contributed by atoms with Crippen LogP contribution in [-0.2, 0) is 6.42 Å². The van der Waals surface area contributed by atoms with Crippen molar-refractivity contribution in [2.45, 2.75) is 11.6 Å². The fraction of sp³-hybridized carbons (Fsp3) is 0.188. The van der Waals surface area contributed by atoms with Crippen molar-refractivity contribution < 1.29 is 19.2 Å². The Morgan fingerprint density at radius 2 is 2.36 bits per heavy atom. The molecule has 0 saturated carbocycles. The van der Waals surface area contributed by atoms with E-state index in [4.69, 9.17) is 20.8 Å². The predicted octanol–water partition coefficient (Wildman–Crippen LogP) is 1.99. The summed E-state index contributed by atoms with van der Waals surface area (Å²) in [4.78, 5) is 15.2. The topological polar surface area (TPSA) is 113 Å². The minimum Gasteiger partial charge on any atom is -0.496 e. The first kappa shape index (κ1) is 16.9. The standard InChI is InChI=1S/C16H14N4O4S/c1-3-6-25-16-19-18-12(24-16)7-9-8-17-10-4-5-11(23-2)14(13(9)10)15(21)20-22/h1,4-5,8,17,22H,6-7H2,2H3,(H,20,21). The molecule has 3 N–H and O–H groups in total. The van der Waals surface area contributed by atoms with Gasteiger partial charge in [-0.1, -0.05) is 17.7 Å². The van der Waals surface area contributed by atoms with Crippen molar-refractivity contribution in [3.05, 3.63) is 35.3 Å². The number of hydrogen-bond acceptors (Lipinski definition) is 7. The summed E-state index contributed by atoms with van der Waals surface area (Å²) in [5.41, 5.74) is 3.35. The number of terminal acetylenes is 1. The molecule has 0 unspecified atom stereocenters. The minimum absolute atomic E-state index is 0.222. The Kier molecular flexibility index (Phi) is 4.92. The van der Waals surface area contributed by atoms with Crippen molar-refractivity contribution in [1.29, 1.82) is 0 Å². The average molecular weight is 358 g/mol. The molecule has 0 atom stereocenters. The van der Waals surface area contributed by atoms with Gasteiger partial charge in [-0.15, -0.1) is 16.6 Å². The lowest BCUT2D eigenvalue weighted by molar-refractivity contribution is 0.0705. The number of ether oxygens (including phenoxy) is 1. The number of aromatic amines is 1. The highest BCUT2D eigenvalue weighted by Gasteiger charge is 2.21. The van der Waals surface area contributed by atoms with Gasteiger partial charge >= 0.3 is 0 Å². The Balaban J connectivity index is 2.01. The number of thioether (sulfide) groups is 1. The summed E-state index contributed by atoms with van der Waals surface area (Å²) in [6.45, 7) is 0. The third-order valence-electron chi connectivity index (χ3n) is 3.51. The van der Waals surface area contributed by atoms with Gasteiger partial charge in [0.2, 0.25) is 5.89 Å². The van der Waals surface area contributed by atoms with Crippen molar-refractivity contribution in [2.75, 3.05) is 12.9 Å². The molecule has 0 radical (unpaired) electrons. The summed E-state index contributed by atoms with van der Waals surface area (Å²) in [6.07, 6.45) is 7.26. The van der Waals surface area contributed by atoms with E-state index in [0.29, 0.717) is 34.4 Å². The average Bonchev–Trinajstić information content (AvgIpc) is 3.26. The zero-order chi connectivity index (χ0) is 17.8. The first-order chi connectivity index (χ1) is 12.2. The molecule has 3 rings (SSSR count). The summed E-state index contributed by atoms with van der Waals surface area (Å²) in [5, 5.41) is 18.0. The summed E-state index contributed by atoms with van der Waals surface area (Å²) in [5.74, 6) is 2.98.